The molecule has 1 aromatic heterocycles. The number of nitrogens with zero attached hydrogens (tertiary/aromatic N) is 1. The Hall–Kier alpha value is -2.05. The number of ether oxygens (including phenoxy) is 2. The van der Waals surface area contributed by atoms with Crippen LogP contribution in [0.15, 0.2) is 34.9 Å². The Balaban J connectivity index is 1.40. The molecule has 4 rings (SSSR count). The van der Waals surface area contributed by atoms with E-state index in [1.54, 1.807) is 6.26 Å². The zero-order valence-electron chi connectivity index (χ0n) is 12.9. The normalized spacial score (nSPS) is 24.4. The summed E-state index contributed by atoms with van der Waals surface area (Å²) in [7, 11) is 0. The Kier molecular flexibility index (Phi) is 3.71. The molecule has 2 aliphatic heterocycles. The van der Waals surface area contributed by atoms with Crippen LogP contribution < -0.4 is 5.32 Å². The van der Waals surface area contributed by atoms with Crippen molar-refractivity contribution >= 4 is 17.0 Å². The lowest BCUT2D eigenvalue weighted by Gasteiger charge is -2.39. The maximum atomic E-state index is 12.5. The molecule has 1 N–H and O–H groups in total. The first-order valence-corrected chi connectivity index (χ1v) is 7.95. The molecule has 23 heavy (non-hydrogen) atoms. The molecule has 0 aliphatic carbocycles. The largest absolute Gasteiger partial charge is 0.464 e. The smallest absolute Gasteiger partial charge is 0.317 e. The summed E-state index contributed by atoms with van der Waals surface area (Å²) in [6.07, 6.45) is 2.56. The van der Waals surface area contributed by atoms with Crippen molar-refractivity contribution < 1.29 is 18.7 Å². The fourth-order valence-corrected chi connectivity index (χ4v) is 3.30. The van der Waals surface area contributed by atoms with E-state index in [4.69, 9.17) is 13.9 Å². The van der Waals surface area contributed by atoms with E-state index in [1.165, 1.54) is 0 Å². The average Bonchev–Trinajstić information content (AvgIpc) is 3.20. The Morgan fingerprint density at radius 1 is 1.30 bits per heavy atom. The van der Waals surface area contributed by atoms with Gasteiger partial charge in [0, 0.05) is 37.1 Å². The Bertz CT molecular complexity index is 705. The molecule has 0 saturated carbocycles. The van der Waals surface area contributed by atoms with Crippen LogP contribution in [0.2, 0.25) is 0 Å². The molecule has 2 fully saturated rings. The van der Waals surface area contributed by atoms with E-state index >= 15 is 0 Å². The number of amides is 2. The number of nitrogens with one attached hydrogen (secondary N) is 1. The first-order valence-electron chi connectivity index (χ1n) is 7.95. The minimum Gasteiger partial charge on any atom is -0.464 e. The van der Waals surface area contributed by atoms with Crippen molar-refractivity contribution in [1.82, 2.24) is 10.2 Å². The highest BCUT2D eigenvalue weighted by molar-refractivity contribution is 5.81. The second-order valence-corrected chi connectivity index (χ2v) is 6.17. The van der Waals surface area contributed by atoms with Crippen molar-refractivity contribution in [2.75, 3.05) is 32.9 Å². The summed E-state index contributed by atoms with van der Waals surface area (Å²) in [5, 5.41) is 4.02. The number of rotatable bonds is 2. The maximum Gasteiger partial charge on any atom is 0.317 e. The predicted molar refractivity (Wildman–Crippen MR) is 84.1 cm³/mol. The highest BCUT2D eigenvalue weighted by atomic mass is 16.6. The third-order valence-electron chi connectivity index (χ3n) is 4.59. The molecule has 1 aromatic carbocycles. The molecule has 1 atom stereocenters. The molecule has 2 aromatic rings. The van der Waals surface area contributed by atoms with E-state index in [0.717, 1.165) is 23.0 Å². The Morgan fingerprint density at radius 3 is 3.09 bits per heavy atom. The lowest BCUT2D eigenvalue weighted by Crippen LogP contribution is -2.56. The lowest BCUT2D eigenvalue weighted by atomic mass is 10.0. The van der Waals surface area contributed by atoms with Crippen molar-refractivity contribution in [3.05, 3.63) is 36.1 Å². The summed E-state index contributed by atoms with van der Waals surface area (Å²) in [6, 6.07) is 7.76. The predicted octanol–water partition coefficient (Wildman–Crippen LogP) is 2.13. The Labute approximate surface area is 134 Å². The SMILES string of the molecule is O=C(NCc1coc2ccccc12)N1CCOC2(CCOC2)C1. The summed E-state index contributed by atoms with van der Waals surface area (Å²) in [5.74, 6) is 0. The topological polar surface area (TPSA) is 63.9 Å². The van der Waals surface area contributed by atoms with Crippen LogP contribution in [-0.2, 0) is 16.0 Å². The molecule has 2 saturated heterocycles. The maximum absolute atomic E-state index is 12.5. The number of carbonyl (C=O) groups excluding carboxylic acids is 1. The fourth-order valence-electron chi connectivity index (χ4n) is 3.30. The summed E-state index contributed by atoms with van der Waals surface area (Å²) < 4.78 is 16.8. The standard InChI is InChI=1S/C17H20N2O4/c20-16(19-6-8-23-17(11-19)5-7-21-12-17)18-9-13-10-22-15-4-2-1-3-14(13)15/h1-4,10H,5-9,11-12H2,(H,18,20). The third kappa shape index (κ3) is 2.80. The highest BCUT2D eigenvalue weighted by Gasteiger charge is 2.41. The van der Waals surface area contributed by atoms with Crippen molar-refractivity contribution in [1.29, 1.82) is 0 Å². The van der Waals surface area contributed by atoms with Crippen LogP contribution in [0.4, 0.5) is 4.79 Å². The van der Waals surface area contributed by atoms with Gasteiger partial charge in [-0.3, -0.25) is 0 Å². The van der Waals surface area contributed by atoms with Crippen LogP contribution in [0.1, 0.15) is 12.0 Å². The number of fused-ring (bicyclic) bond motifs is 1. The van der Waals surface area contributed by atoms with Crippen LogP contribution in [0.5, 0.6) is 0 Å². The number of para-hydroxylation sites is 1. The number of carbonyl (C=O) groups is 1. The van der Waals surface area contributed by atoms with Gasteiger partial charge in [-0.1, -0.05) is 18.2 Å². The van der Waals surface area contributed by atoms with Gasteiger partial charge in [0.2, 0.25) is 0 Å². The zero-order chi connectivity index (χ0) is 15.7. The summed E-state index contributed by atoms with van der Waals surface area (Å²) in [5.41, 5.74) is 1.52. The van der Waals surface area contributed by atoms with Gasteiger partial charge in [-0.05, 0) is 6.07 Å². The van der Waals surface area contributed by atoms with Crippen LogP contribution in [0.3, 0.4) is 0 Å². The summed E-state index contributed by atoms with van der Waals surface area (Å²) in [6.45, 7) is 3.49. The fraction of sp³-hybridized carbons (Fsp3) is 0.471. The van der Waals surface area contributed by atoms with Crippen LogP contribution >= 0.6 is 0 Å². The first kappa shape index (κ1) is 14.5. The molecule has 2 aliphatic rings. The molecule has 0 radical (unpaired) electrons. The summed E-state index contributed by atoms with van der Waals surface area (Å²) in [4.78, 5) is 14.3. The van der Waals surface area contributed by atoms with Gasteiger partial charge in [0.25, 0.3) is 0 Å². The monoisotopic (exact) mass is 316 g/mol. The van der Waals surface area contributed by atoms with E-state index in [9.17, 15) is 4.79 Å². The van der Waals surface area contributed by atoms with E-state index in [1.807, 2.05) is 29.2 Å². The van der Waals surface area contributed by atoms with Gasteiger partial charge in [0.15, 0.2) is 0 Å². The molecule has 6 nitrogen and oxygen atoms in total. The van der Waals surface area contributed by atoms with Crippen molar-refractivity contribution in [3.63, 3.8) is 0 Å². The van der Waals surface area contributed by atoms with Gasteiger partial charge in [0.05, 0.1) is 26.0 Å². The van der Waals surface area contributed by atoms with Gasteiger partial charge in [-0.2, -0.15) is 0 Å². The first-order chi connectivity index (χ1) is 11.3. The highest BCUT2D eigenvalue weighted by Crippen LogP contribution is 2.27. The van der Waals surface area contributed by atoms with Gasteiger partial charge in [-0.15, -0.1) is 0 Å². The van der Waals surface area contributed by atoms with Gasteiger partial charge in [-0.25, -0.2) is 4.79 Å². The summed E-state index contributed by atoms with van der Waals surface area (Å²) >= 11 is 0. The lowest BCUT2D eigenvalue weighted by molar-refractivity contribution is -0.0975. The van der Waals surface area contributed by atoms with Gasteiger partial charge in [0.1, 0.15) is 11.2 Å². The van der Waals surface area contributed by atoms with Gasteiger partial charge >= 0.3 is 6.03 Å². The van der Waals surface area contributed by atoms with E-state index in [2.05, 4.69) is 5.32 Å². The van der Waals surface area contributed by atoms with E-state index in [0.29, 0.717) is 39.5 Å². The number of furan rings is 1. The molecular formula is C17H20N2O4. The van der Waals surface area contributed by atoms with E-state index in [-0.39, 0.29) is 11.6 Å². The quantitative estimate of drug-likeness (QED) is 0.922. The van der Waals surface area contributed by atoms with Crippen LogP contribution in [0, 0.1) is 0 Å². The van der Waals surface area contributed by atoms with Crippen LogP contribution in [-0.4, -0.2) is 49.4 Å². The van der Waals surface area contributed by atoms with Crippen molar-refractivity contribution in [2.24, 2.45) is 0 Å². The molecule has 1 spiro atoms. The van der Waals surface area contributed by atoms with Gasteiger partial charge < -0.3 is 24.1 Å². The van der Waals surface area contributed by atoms with Crippen molar-refractivity contribution in [2.45, 2.75) is 18.6 Å². The molecule has 0 bridgehead atoms. The van der Waals surface area contributed by atoms with E-state index < -0.39 is 0 Å². The molecule has 2 amide bonds. The second-order valence-electron chi connectivity index (χ2n) is 6.17. The minimum absolute atomic E-state index is 0.0649. The second kappa shape index (κ2) is 5.86. The molecule has 1 unspecified atom stereocenters. The third-order valence-corrected chi connectivity index (χ3v) is 4.59. The molecule has 122 valence electrons. The molecule has 3 heterocycles. The number of urea groups is 1. The number of hydrogen-bond donors (Lipinski definition) is 1. The average molecular weight is 316 g/mol. The Morgan fingerprint density at radius 2 is 2.22 bits per heavy atom. The zero-order valence-corrected chi connectivity index (χ0v) is 12.9. The number of benzene rings is 1. The number of hydrogen-bond acceptors (Lipinski definition) is 4. The van der Waals surface area contributed by atoms with Crippen molar-refractivity contribution in [3.8, 4) is 0 Å². The number of morpholine rings is 1. The molecular weight excluding hydrogens is 296 g/mol. The van der Waals surface area contributed by atoms with Crippen LogP contribution in [0.25, 0.3) is 11.0 Å². The minimum atomic E-state index is -0.308. The molecule has 6 heteroatoms.